The van der Waals surface area contributed by atoms with Gasteiger partial charge in [-0.25, -0.2) is 14.4 Å². The van der Waals surface area contributed by atoms with Crippen LogP contribution in [0.1, 0.15) is 36.3 Å². The Morgan fingerprint density at radius 3 is 2.54 bits per heavy atom. The third-order valence-corrected chi connectivity index (χ3v) is 5.03. The number of benzene rings is 1. The van der Waals surface area contributed by atoms with Gasteiger partial charge in [0.1, 0.15) is 16.5 Å². The molecule has 0 atom stereocenters. The first-order valence-electron chi connectivity index (χ1n) is 7.27. The molecule has 1 N–H and O–H groups in total. The highest BCUT2D eigenvalue weighted by Gasteiger charge is 2.19. The number of carbonyl (C=O) groups excluding carboxylic acids is 1. The molecule has 0 spiro atoms. The average Bonchev–Trinajstić information content (AvgIpc) is 2.83. The van der Waals surface area contributed by atoms with Crippen LogP contribution >= 0.6 is 22.9 Å². The molecule has 2 heterocycles. The third-order valence-electron chi connectivity index (χ3n) is 3.38. The van der Waals surface area contributed by atoms with Crippen LogP contribution in [0.2, 0.25) is 5.02 Å². The van der Waals surface area contributed by atoms with Crippen LogP contribution in [0, 0.1) is 5.82 Å². The Morgan fingerprint density at radius 2 is 1.92 bits per heavy atom. The molecule has 4 nitrogen and oxygen atoms in total. The van der Waals surface area contributed by atoms with E-state index in [4.69, 9.17) is 11.6 Å². The van der Waals surface area contributed by atoms with E-state index in [2.05, 4.69) is 15.3 Å². The summed E-state index contributed by atoms with van der Waals surface area (Å²) in [5, 5.41) is 3.70. The standard InChI is InChI=1S/C17H15ClFN3OS/c1-17(2,3)16-20-7-10(8-21-16)22-15(23)14-13(18)11-5-4-9(19)6-12(11)24-14/h4-8H,1-3H3,(H,22,23). The molecule has 0 aliphatic carbocycles. The maximum atomic E-state index is 13.3. The van der Waals surface area contributed by atoms with E-state index >= 15 is 0 Å². The highest BCUT2D eigenvalue weighted by Crippen LogP contribution is 2.36. The average molecular weight is 364 g/mol. The van der Waals surface area contributed by atoms with Crippen molar-refractivity contribution in [2.45, 2.75) is 26.2 Å². The second-order valence-electron chi connectivity index (χ2n) is 6.39. The highest BCUT2D eigenvalue weighted by atomic mass is 35.5. The largest absolute Gasteiger partial charge is 0.319 e. The molecule has 0 fully saturated rings. The number of hydrogen-bond acceptors (Lipinski definition) is 4. The first kappa shape index (κ1) is 16.8. The molecular weight excluding hydrogens is 349 g/mol. The molecular formula is C17H15ClFN3OS. The Labute approximate surface area is 147 Å². The van der Waals surface area contributed by atoms with E-state index in [1.165, 1.54) is 12.1 Å². The summed E-state index contributed by atoms with van der Waals surface area (Å²) in [6.45, 7) is 6.03. The van der Waals surface area contributed by atoms with Crippen molar-refractivity contribution in [2.24, 2.45) is 0 Å². The topological polar surface area (TPSA) is 54.9 Å². The number of nitrogens with zero attached hydrogens (tertiary/aromatic N) is 2. The molecule has 0 saturated heterocycles. The number of nitrogens with one attached hydrogen (secondary N) is 1. The molecule has 0 bridgehead atoms. The van der Waals surface area contributed by atoms with Crippen molar-refractivity contribution in [1.82, 2.24) is 9.97 Å². The lowest BCUT2D eigenvalue weighted by Crippen LogP contribution is -2.17. The quantitative estimate of drug-likeness (QED) is 0.694. The molecule has 0 aliphatic rings. The van der Waals surface area contributed by atoms with Crippen LogP contribution in [0.25, 0.3) is 10.1 Å². The van der Waals surface area contributed by atoms with Gasteiger partial charge in [-0.2, -0.15) is 0 Å². The predicted molar refractivity (Wildman–Crippen MR) is 95.5 cm³/mol. The van der Waals surface area contributed by atoms with E-state index in [1.54, 1.807) is 18.5 Å². The molecule has 3 rings (SSSR count). The number of amides is 1. The molecule has 24 heavy (non-hydrogen) atoms. The first-order valence-corrected chi connectivity index (χ1v) is 8.46. The number of halogens is 2. The van der Waals surface area contributed by atoms with Gasteiger partial charge in [-0.15, -0.1) is 11.3 Å². The first-order chi connectivity index (χ1) is 11.3. The molecule has 7 heteroatoms. The van der Waals surface area contributed by atoms with Crippen LogP contribution < -0.4 is 5.32 Å². The van der Waals surface area contributed by atoms with Crippen molar-refractivity contribution in [2.75, 3.05) is 5.32 Å². The summed E-state index contributed by atoms with van der Waals surface area (Å²) < 4.78 is 13.9. The fourth-order valence-electron chi connectivity index (χ4n) is 2.15. The highest BCUT2D eigenvalue weighted by molar-refractivity contribution is 7.21. The maximum absolute atomic E-state index is 13.3. The zero-order chi connectivity index (χ0) is 17.5. The van der Waals surface area contributed by atoms with E-state index in [0.717, 1.165) is 11.3 Å². The summed E-state index contributed by atoms with van der Waals surface area (Å²) >= 11 is 7.40. The summed E-state index contributed by atoms with van der Waals surface area (Å²) in [6.07, 6.45) is 3.12. The van der Waals surface area contributed by atoms with Crippen LogP contribution in [0.15, 0.2) is 30.6 Å². The molecule has 124 valence electrons. The Bertz CT molecular complexity index is 916. The fraction of sp³-hybridized carbons (Fsp3) is 0.235. The predicted octanol–water partition coefficient (Wildman–Crippen LogP) is 5.03. The number of carbonyl (C=O) groups is 1. The number of rotatable bonds is 2. The maximum Gasteiger partial charge on any atom is 0.267 e. The van der Waals surface area contributed by atoms with Gasteiger partial charge in [0.05, 0.1) is 23.1 Å². The van der Waals surface area contributed by atoms with Crippen LogP contribution in [0.4, 0.5) is 10.1 Å². The van der Waals surface area contributed by atoms with E-state index < -0.39 is 0 Å². The van der Waals surface area contributed by atoms with Gasteiger partial charge in [-0.1, -0.05) is 32.4 Å². The number of anilines is 1. The zero-order valence-electron chi connectivity index (χ0n) is 13.4. The van der Waals surface area contributed by atoms with Crippen molar-refractivity contribution in [3.63, 3.8) is 0 Å². The van der Waals surface area contributed by atoms with Crippen LogP contribution in [-0.2, 0) is 5.41 Å². The lowest BCUT2D eigenvalue weighted by molar-refractivity contribution is 0.103. The van der Waals surface area contributed by atoms with Gasteiger partial charge < -0.3 is 5.32 Å². The summed E-state index contributed by atoms with van der Waals surface area (Å²) in [6, 6.07) is 4.26. The minimum atomic E-state index is -0.367. The molecule has 2 aromatic heterocycles. The monoisotopic (exact) mass is 363 g/mol. The van der Waals surface area contributed by atoms with E-state index in [0.29, 0.717) is 31.5 Å². The summed E-state index contributed by atoms with van der Waals surface area (Å²) in [4.78, 5) is 21.3. The second kappa shape index (κ2) is 6.11. The normalized spacial score (nSPS) is 11.7. The van der Waals surface area contributed by atoms with Crippen molar-refractivity contribution < 1.29 is 9.18 Å². The van der Waals surface area contributed by atoms with Gasteiger partial charge in [-0.3, -0.25) is 4.79 Å². The SMILES string of the molecule is CC(C)(C)c1ncc(NC(=O)c2sc3cc(F)ccc3c2Cl)cn1. The third kappa shape index (κ3) is 3.25. The summed E-state index contributed by atoms with van der Waals surface area (Å²) in [5.41, 5.74) is 0.314. The number of aromatic nitrogens is 2. The molecule has 1 amide bonds. The second-order valence-corrected chi connectivity index (χ2v) is 7.82. The minimum absolute atomic E-state index is 0.165. The molecule has 0 aliphatic heterocycles. The van der Waals surface area contributed by atoms with Crippen LogP contribution in [-0.4, -0.2) is 15.9 Å². The van der Waals surface area contributed by atoms with E-state index in [1.807, 2.05) is 20.8 Å². The Morgan fingerprint density at radius 1 is 1.25 bits per heavy atom. The van der Waals surface area contributed by atoms with Crippen molar-refractivity contribution in [3.05, 3.63) is 52.1 Å². The smallest absolute Gasteiger partial charge is 0.267 e. The van der Waals surface area contributed by atoms with Gasteiger partial charge in [0.2, 0.25) is 0 Å². The minimum Gasteiger partial charge on any atom is -0.319 e. The van der Waals surface area contributed by atoms with Gasteiger partial charge in [0.25, 0.3) is 5.91 Å². The summed E-state index contributed by atoms with van der Waals surface area (Å²) in [7, 11) is 0. The number of hydrogen-bond donors (Lipinski definition) is 1. The lowest BCUT2D eigenvalue weighted by Gasteiger charge is -2.16. The van der Waals surface area contributed by atoms with E-state index in [-0.39, 0.29) is 17.1 Å². The Balaban J connectivity index is 1.86. The zero-order valence-corrected chi connectivity index (χ0v) is 14.9. The van der Waals surface area contributed by atoms with E-state index in [9.17, 15) is 9.18 Å². The van der Waals surface area contributed by atoms with Crippen LogP contribution in [0.5, 0.6) is 0 Å². The van der Waals surface area contributed by atoms with Crippen molar-refractivity contribution >= 4 is 44.6 Å². The van der Waals surface area contributed by atoms with Gasteiger partial charge in [-0.05, 0) is 18.2 Å². The number of fused-ring (bicyclic) bond motifs is 1. The van der Waals surface area contributed by atoms with Gasteiger partial charge in [0.15, 0.2) is 0 Å². The molecule has 0 saturated carbocycles. The lowest BCUT2D eigenvalue weighted by atomic mass is 9.96. The molecule has 0 unspecified atom stereocenters. The molecule has 1 aromatic carbocycles. The van der Waals surface area contributed by atoms with Crippen LogP contribution in [0.3, 0.4) is 0 Å². The summed E-state index contributed by atoms with van der Waals surface area (Å²) in [5.74, 6) is -0.0388. The Kier molecular flexibility index (Phi) is 4.27. The molecule has 0 radical (unpaired) electrons. The Hall–Kier alpha value is -2.05. The fourth-order valence-corrected chi connectivity index (χ4v) is 3.59. The number of thiophene rings is 1. The van der Waals surface area contributed by atoms with Gasteiger partial charge in [0, 0.05) is 15.5 Å². The van der Waals surface area contributed by atoms with Crippen molar-refractivity contribution in [3.8, 4) is 0 Å². The van der Waals surface area contributed by atoms with Crippen molar-refractivity contribution in [1.29, 1.82) is 0 Å². The van der Waals surface area contributed by atoms with Gasteiger partial charge >= 0.3 is 0 Å². The molecule has 3 aromatic rings.